The maximum atomic E-state index is 6.02. The van der Waals surface area contributed by atoms with Crippen LogP contribution in [0, 0.1) is 5.41 Å². The fourth-order valence-electron chi connectivity index (χ4n) is 2.79. The lowest BCUT2D eigenvalue weighted by atomic mass is 9.84. The number of pyridine rings is 1. The Morgan fingerprint density at radius 1 is 1.28 bits per heavy atom. The van der Waals surface area contributed by atoms with Gasteiger partial charge in [0.25, 0.3) is 0 Å². The second-order valence-electron chi connectivity index (χ2n) is 5.85. The van der Waals surface area contributed by atoms with Crippen molar-refractivity contribution in [2.45, 2.75) is 32.6 Å². The quantitative estimate of drug-likeness (QED) is 0.866. The highest BCUT2D eigenvalue weighted by Crippen LogP contribution is 2.23. The molecule has 1 aromatic heterocycles. The van der Waals surface area contributed by atoms with E-state index < -0.39 is 0 Å². The molecule has 0 saturated carbocycles. The first kappa shape index (κ1) is 13.5. The van der Waals surface area contributed by atoms with Gasteiger partial charge in [0.2, 0.25) is 0 Å². The molecule has 2 heterocycles. The van der Waals surface area contributed by atoms with Gasteiger partial charge in [-0.1, -0.05) is 19.4 Å². The minimum absolute atomic E-state index is 0.145. The fraction of sp³-hybridized carbons (Fsp3) is 0.667. The van der Waals surface area contributed by atoms with Gasteiger partial charge in [0.1, 0.15) is 0 Å². The molecule has 18 heavy (non-hydrogen) atoms. The Labute approximate surface area is 110 Å². The minimum Gasteiger partial charge on any atom is -0.330 e. The zero-order valence-corrected chi connectivity index (χ0v) is 11.4. The highest BCUT2D eigenvalue weighted by molar-refractivity contribution is 5.06. The maximum absolute atomic E-state index is 6.02. The van der Waals surface area contributed by atoms with E-state index in [4.69, 9.17) is 5.73 Å². The highest BCUT2D eigenvalue weighted by Gasteiger charge is 2.27. The van der Waals surface area contributed by atoms with Gasteiger partial charge in [-0.15, -0.1) is 0 Å². The van der Waals surface area contributed by atoms with Gasteiger partial charge in [0, 0.05) is 18.4 Å². The van der Waals surface area contributed by atoms with Gasteiger partial charge in [-0.3, -0.25) is 4.98 Å². The van der Waals surface area contributed by atoms with Crippen LogP contribution in [0.2, 0.25) is 0 Å². The summed E-state index contributed by atoms with van der Waals surface area (Å²) >= 11 is 0. The Bertz CT molecular complexity index is 346. The van der Waals surface area contributed by atoms with Crippen LogP contribution in [0.15, 0.2) is 24.4 Å². The molecule has 0 amide bonds. The molecule has 0 aliphatic carbocycles. The van der Waals surface area contributed by atoms with E-state index in [1.807, 2.05) is 12.3 Å². The molecule has 2 N–H and O–H groups in total. The number of nitrogens with two attached hydrogens (primary N) is 1. The second-order valence-corrected chi connectivity index (χ2v) is 5.85. The molecule has 1 aliphatic rings. The van der Waals surface area contributed by atoms with Crippen molar-refractivity contribution in [3.05, 3.63) is 30.1 Å². The van der Waals surface area contributed by atoms with Crippen molar-refractivity contribution in [1.82, 2.24) is 9.88 Å². The van der Waals surface area contributed by atoms with E-state index in [1.54, 1.807) is 0 Å². The third-order valence-corrected chi connectivity index (χ3v) is 3.88. The number of piperidine rings is 1. The summed E-state index contributed by atoms with van der Waals surface area (Å²) in [6, 6.07) is 6.12. The van der Waals surface area contributed by atoms with E-state index in [-0.39, 0.29) is 5.41 Å². The van der Waals surface area contributed by atoms with Crippen LogP contribution in [0.25, 0.3) is 0 Å². The normalized spacial score (nSPS) is 20.6. The van der Waals surface area contributed by atoms with Gasteiger partial charge in [0.15, 0.2) is 0 Å². The van der Waals surface area contributed by atoms with Crippen molar-refractivity contribution in [3.8, 4) is 0 Å². The number of hydrogen-bond donors (Lipinski definition) is 1. The molecule has 2 rings (SSSR count). The van der Waals surface area contributed by atoms with Gasteiger partial charge in [-0.25, -0.2) is 0 Å². The van der Waals surface area contributed by atoms with Crippen LogP contribution in [0.3, 0.4) is 0 Å². The zero-order chi connectivity index (χ0) is 12.8. The lowest BCUT2D eigenvalue weighted by Crippen LogP contribution is -2.44. The highest BCUT2D eigenvalue weighted by atomic mass is 15.1. The summed E-state index contributed by atoms with van der Waals surface area (Å²) in [5, 5.41) is 0. The molecule has 1 saturated heterocycles. The van der Waals surface area contributed by atoms with Gasteiger partial charge in [-0.2, -0.15) is 0 Å². The van der Waals surface area contributed by atoms with Crippen LogP contribution in [0.1, 0.15) is 31.9 Å². The van der Waals surface area contributed by atoms with E-state index in [9.17, 15) is 0 Å². The van der Waals surface area contributed by atoms with Crippen molar-refractivity contribution in [2.75, 3.05) is 26.2 Å². The first-order valence-electron chi connectivity index (χ1n) is 7.04. The Morgan fingerprint density at radius 2 is 2.06 bits per heavy atom. The van der Waals surface area contributed by atoms with Crippen molar-refractivity contribution in [1.29, 1.82) is 0 Å². The third-order valence-electron chi connectivity index (χ3n) is 3.88. The summed E-state index contributed by atoms with van der Waals surface area (Å²) < 4.78 is 0. The molecular weight excluding hydrogens is 222 g/mol. The average Bonchev–Trinajstić information content (AvgIpc) is 2.41. The second kappa shape index (κ2) is 6.30. The van der Waals surface area contributed by atoms with Crippen LogP contribution in [-0.2, 0) is 6.42 Å². The first-order valence-corrected chi connectivity index (χ1v) is 7.04. The average molecular weight is 247 g/mol. The molecule has 0 radical (unpaired) electrons. The summed E-state index contributed by atoms with van der Waals surface area (Å²) in [5.74, 6) is 0. The molecular formula is C15H25N3. The molecule has 3 nitrogen and oxygen atoms in total. The molecule has 100 valence electrons. The smallest absolute Gasteiger partial charge is 0.0410 e. The molecule has 1 atom stereocenters. The first-order chi connectivity index (χ1) is 8.72. The van der Waals surface area contributed by atoms with Crippen LogP contribution in [-0.4, -0.2) is 36.1 Å². The Balaban J connectivity index is 1.96. The third kappa shape index (κ3) is 3.79. The topological polar surface area (TPSA) is 42.1 Å². The van der Waals surface area contributed by atoms with Gasteiger partial charge >= 0.3 is 0 Å². The molecule has 1 fully saturated rings. The standard InChI is InChI=1S/C15H25N3/c1-15(12-16,11-14-7-3-4-8-17-14)13-18-9-5-2-6-10-18/h3-4,7-8H,2,5-6,9-13,16H2,1H3. The van der Waals surface area contributed by atoms with Crippen molar-refractivity contribution >= 4 is 0 Å². The number of nitrogens with zero attached hydrogens (tertiary/aromatic N) is 2. The summed E-state index contributed by atoms with van der Waals surface area (Å²) in [6.45, 7) is 6.58. The van der Waals surface area contributed by atoms with Crippen LogP contribution >= 0.6 is 0 Å². The van der Waals surface area contributed by atoms with Crippen LogP contribution in [0.5, 0.6) is 0 Å². The zero-order valence-electron chi connectivity index (χ0n) is 11.4. The van der Waals surface area contributed by atoms with E-state index in [1.165, 1.54) is 32.4 Å². The monoisotopic (exact) mass is 247 g/mol. The lowest BCUT2D eigenvalue weighted by Gasteiger charge is -2.36. The van der Waals surface area contributed by atoms with Crippen molar-refractivity contribution < 1.29 is 0 Å². The predicted molar refractivity (Wildman–Crippen MR) is 75.4 cm³/mol. The van der Waals surface area contributed by atoms with E-state index in [0.29, 0.717) is 0 Å². The molecule has 1 aliphatic heterocycles. The summed E-state index contributed by atoms with van der Waals surface area (Å²) in [7, 11) is 0. The van der Waals surface area contributed by atoms with Gasteiger partial charge in [0.05, 0.1) is 0 Å². The summed E-state index contributed by atoms with van der Waals surface area (Å²) in [6.07, 6.45) is 6.90. The largest absolute Gasteiger partial charge is 0.330 e. The summed E-state index contributed by atoms with van der Waals surface area (Å²) in [5.41, 5.74) is 7.32. The number of aromatic nitrogens is 1. The van der Waals surface area contributed by atoms with Gasteiger partial charge < -0.3 is 10.6 Å². The van der Waals surface area contributed by atoms with E-state index in [2.05, 4.69) is 28.9 Å². The maximum Gasteiger partial charge on any atom is 0.0410 e. The Hall–Kier alpha value is -0.930. The predicted octanol–water partition coefficient (Wildman–Crippen LogP) is 2.08. The molecule has 1 aromatic rings. The molecule has 3 heteroatoms. The molecule has 0 bridgehead atoms. The van der Waals surface area contributed by atoms with Crippen molar-refractivity contribution in [3.63, 3.8) is 0 Å². The summed E-state index contributed by atoms with van der Waals surface area (Å²) in [4.78, 5) is 7.00. The molecule has 0 aromatic carbocycles. The number of likely N-dealkylation sites (tertiary alicyclic amines) is 1. The molecule has 0 spiro atoms. The Kier molecular flexibility index (Phi) is 4.72. The number of hydrogen-bond acceptors (Lipinski definition) is 3. The van der Waals surface area contributed by atoms with Crippen molar-refractivity contribution in [2.24, 2.45) is 11.1 Å². The minimum atomic E-state index is 0.145. The van der Waals surface area contributed by atoms with E-state index >= 15 is 0 Å². The van der Waals surface area contributed by atoms with E-state index in [0.717, 1.165) is 25.2 Å². The SMILES string of the molecule is CC(CN)(Cc1ccccn1)CN1CCCCC1. The van der Waals surface area contributed by atoms with Crippen LogP contribution < -0.4 is 5.73 Å². The lowest BCUT2D eigenvalue weighted by molar-refractivity contribution is 0.144. The Morgan fingerprint density at radius 3 is 2.67 bits per heavy atom. The van der Waals surface area contributed by atoms with Crippen LogP contribution in [0.4, 0.5) is 0 Å². The fourth-order valence-corrected chi connectivity index (χ4v) is 2.79. The molecule has 1 unspecified atom stereocenters. The van der Waals surface area contributed by atoms with Gasteiger partial charge in [-0.05, 0) is 56.4 Å². The number of rotatable bonds is 5.